The highest BCUT2D eigenvalue weighted by Gasteiger charge is 2.20. The van der Waals surface area contributed by atoms with E-state index in [1.807, 2.05) is 19.1 Å². The summed E-state index contributed by atoms with van der Waals surface area (Å²) in [5, 5.41) is 0. The quantitative estimate of drug-likeness (QED) is 0.762. The Kier molecular flexibility index (Phi) is 3.69. The van der Waals surface area contributed by atoms with E-state index in [1.165, 1.54) is 16.0 Å². The van der Waals surface area contributed by atoms with Crippen LogP contribution in [0, 0.1) is 13.8 Å². The van der Waals surface area contributed by atoms with E-state index in [0.717, 1.165) is 27.1 Å². The minimum atomic E-state index is 0.169. The Morgan fingerprint density at radius 1 is 1.35 bits per heavy atom. The molecule has 0 amide bonds. The van der Waals surface area contributed by atoms with E-state index in [4.69, 9.17) is 4.74 Å². The van der Waals surface area contributed by atoms with Gasteiger partial charge in [0.25, 0.3) is 0 Å². The molecular weight excluding hydrogens is 336 g/mol. The number of benzene rings is 1. The molecule has 1 aliphatic rings. The van der Waals surface area contributed by atoms with Crippen molar-refractivity contribution < 1.29 is 9.53 Å². The molecule has 0 saturated carbocycles. The number of ketones is 1. The van der Waals surface area contributed by atoms with Crippen molar-refractivity contribution in [2.75, 3.05) is 6.61 Å². The van der Waals surface area contributed by atoms with Crippen molar-refractivity contribution in [2.24, 2.45) is 0 Å². The van der Waals surface area contributed by atoms with Gasteiger partial charge in [-0.15, -0.1) is 11.3 Å². The van der Waals surface area contributed by atoms with Crippen LogP contribution in [0.4, 0.5) is 0 Å². The molecule has 104 valence electrons. The van der Waals surface area contributed by atoms with Gasteiger partial charge in [0.2, 0.25) is 0 Å². The van der Waals surface area contributed by atoms with E-state index >= 15 is 0 Å². The predicted molar refractivity (Wildman–Crippen MR) is 85.2 cm³/mol. The number of hydrogen-bond donors (Lipinski definition) is 0. The summed E-state index contributed by atoms with van der Waals surface area (Å²) in [6, 6.07) is 6.06. The zero-order chi connectivity index (χ0) is 14.3. The van der Waals surface area contributed by atoms with E-state index in [2.05, 4.69) is 28.9 Å². The van der Waals surface area contributed by atoms with Crippen molar-refractivity contribution in [3.05, 3.63) is 49.1 Å². The van der Waals surface area contributed by atoms with Crippen molar-refractivity contribution in [3.63, 3.8) is 0 Å². The molecule has 4 heteroatoms. The topological polar surface area (TPSA) is 26.3 Å². The summed E-state index contributed by atoms with van der Waals surface area (Å²) in [4.78, 5) is 14.5. The Bertz CT molecular complexity index is 669. The zero-order valence-corrected chi connectivity index (χ0v) is 13.9. The van der Waals surface area contributed by atoms with Crippen LogP contribution >= 0.6 is 27.3 Å². The number of hydrogen-bond acceptors (Lipinski definition) is 3. The summed E-state index contributed by atoms with van der Waals surface area (Å²) in [5.41, 5.74) is 3.37. The van der Waals surface area contributed by atoms with Crippen LogP contribution in [-0.4, -0.2) is 12.4 Å². The van der Waals surface area contributed by atoms with Gasteiger partial charge < -0.3 is 4.74 Å². The van der Waals surface area contributed by atoms with E-state index in [9.17, 15) is 4.79 Å². The van der Waals surface area contributed by atoms with Gasteiger partial charge >= 0.3 is 0 Å². The van der Waals surface area contributed by atoms with Crippen molar-refractivity contribution in [3.8, 4) is 5.75 Å². The Hall–Kier alpha value is -1.13. The van der Waals surface area contributed by atoms with E-state index in [1.54, 1.807) is 11.3 Å². The molecule has 0 radical (unpaired) electrons. The minimum Gasteiger partial charge on any atom is -0.493 e. The van der Waals surface area contributed by atoms with Crippen molar-refractivity contribution in [1.82, 2.24) is 0 Å². The monoisotopic (exact) mass is 350 g/mol. The van der Waals surface area contributed by atoms with Crippen LogP contribution in [-0.2, 0) is 12.8 Å². The van der Waals surface area contributed by atoms with Crippen LogP contribution in [0.2, 0.25) is 0 Å². The smallest absolute Gasteiger partial charge is 0.177 e. The largest absolute Gasteiger partial charge is 0.493 e. The summed E-state index contributed by atoms with van der Waals surface area (Å²) < 4.78 is 6.70. The number of rotatable bonds is 3. The lowest BCUT2D eigenvalue weighted by Gasteiger charge is -2.08. The number of halogens is 1. The molecule has 2 aromatic rings. The fourth-order valence-corrected chi connectivity index (χ4v) is 3.97. The molecule has 0 N–H and O–H groups in total. The van der Waals surface area contributed by atoms with Gasteiger partial charge in [-0.1, -0.05) is 15.9 Å². The Balaban J connectivity index is 1.90. The molecule has 0 aliphatic carbocycles. The second-order valence-electron chi connectivity index (χ2n) is 5.10. The van der Waals surface area contributed by atoms with Gasteiger partial charge in [0.1, 0.15) is 5.75 Å². The predicted octanol–water partition coefficient (Wildman–Crippen LogP) is 4.49. The third-order valence-corrected chi connectivity index (χ3v) is 5.27. The average Bonchev–Trinajstić information content (AvgIpc) is 2.97. The first kappa shape index (κ1) is 13.8. The first-order valence-corrected chi connectivity index (χ1v) is 8.20. The highest BCUT2D eigenvalue weighted by Crippen LogP contribution is 2.34. The number of fused-ring (bicyclic) bond motifs is 1. The van der Waals surface area contributed by atoms with Gasteiger partial charge in [0.05, 0.1) is 11.5 Å². The number of carbonyl (C=O) groups excluding carboxylic acids is 1. The maximum atomic E-state index is 12.4. The van der Waals surface area contributed by atoms with Gasteiger partial charge in [0.15, 0.2) is 5.78 Å². The first-order valence-electron chi connectivity index (χ1n) is 6.59. The third-order valence-electron chi connectivity index (χ3n) is 3.62. The fraction of sp³-hybridized carbons (Fsp3) is 0.312. The molecule has 2 heterocycles. The highest BCUT2D eigenvalue weighted by molar-refractivity contribution is 9.10. The van der Waals surface area contributed by atoms with Crippen LogP contribution < -0.4 is 4.74 Å². The van der Waals surface area contributed by atoms with E-state index < -0.39 is 0 Å². The average molecular weight is 351 g/mol. The van der Waals surface area contributed by atoms with Crippen LogP contribution in [0.15, 0.2) is 22.7 Å². The summed E-state index contributed by atoms with van der Waals surface area (Å²) in [6.07, 6.45) is 1.33. The summed E-state index contributed by atoms with van der Waals surface area (Å²) >= 11 is 5.09. The SMILES string of the molecule is Cc1cc(C(=O)Cc2cc(Br)cc3c2OCC3)sc1C. The van der Waals surface area contributed by atoms with Gasteiger partial charge in [-0.05, 0) is 43.2 Å². The molecule has 20 heavy (non-hydrogen) atoms. The molecule has 0 bridgehead atoms. The van der Waals surface area contributed by atoms with Crippen molar-refractivity contribution in [2.45, 2.75) is 26.7 Å². The van der Waals surface area contributed by atoms with Gasteiger partial charge in [-0.2, -0.15) is 0 Å². The lowest BCUT2D eigenvalue weighted by Crippen LogP contribution is -2.03. The molecule has 0 spiro atoms. The third kappa shape index (κ3) is 2.54. The standard InChI is InChI=1S/C16H15BrO2S/c1-9-5-15(20-10(9)2)14(18)8-12-7-13(17)6-11-3-4-19-16(11)12/h5-7H,3-4,8H2,1-2H3. The number of Topliss-reactive ketones (excluding diaryl/α,β-unsaturated/α-hetero) is 1. The van der Waals surface area contributed by atoms with Crippen LogP contribution in [0.1, 0.15) is 31.2 Å². The number of aryl methyl sites for hydroxylation is 2. The second-order valence-corrected chi connectivity index (χ2v) is 7.27. The first-order chi connectivity index (χ1) is 9.54. The maximum Gasteiger partial charge on any atom is 0.177 e. The van der Waals surface area contributed by atoms with Gasteiger partial charge in [0, 0.05) is 27.8 Å². The summed E-state index contributed by atoms with van der Waals surface area (Å²) in [5.74, 6) is 1.08. The molecule has 2 nitrogen and oxygen atoms in total. The number of thiophene rings is 1. The van der Waals surface area contributed by atoms with Crippen LogP contribution in [0.5, 0.6) is 5.75 Å². The molecule has 0 saturated heterocycles. The number of ether oxygens (including phenoxy) is 1. The van der Waals surface area contributed by atoms with Gasteiger partial charge in [-0.25, -0.2) is 0 Å². The maximum absolute atomic E-state index is 12.4. The fourth-order valence-electron chi connectivity index (χ4n) is 2.45. The lowest BCUT2D eigenvalue weighted by atomic mass is 10.0. The number of carbonyl (C=O) groups is 1. The normalized spacial score (nSPS) is 13.2. The summed E-state index contributed by atoms with van der Waals surface area (Å²) in [7, 11) is 0. The van der Waals surface area contributed by atoms with Crippen LogP contribution in [0.3, 0.4) is 0 Å². The molecule has 1 aliphatic heterocycles. The molecular formula is C16H15BrO2S. The Labute approximate surface area is 130 Å². The van der Waals surface area contributed by atoms with E-state index in [-0.39, 0.29) is 5.78 Å². The van der Waals surface area contributed by atoms with Crippen LogP contribution in [0.25, 0.3) is 0 Å². The van der Waals surface area contributed by atoms with Crippen molar-refractivity contribution >= 4 is 33.0 Å². The molecule has 0 fully saturated rings. The van der Waals surface area contributed by atoms with Crippen molar-refractivity contribution in [1.29, 1.82) is 0 Å². The minimum absolute atomic E-state index is 0.169. The Morgan fingerprint density at radius 2 is 2.15 bits per heavy atom. The highest BCUT2D eigenvalue weighted by atomic mass is 79.9. The van der Waals surface area contributed by atoms with Gasteiger partial charge in [-0.3, -0.25) is 4.79 Å². The lowest BCUT2D eigenvalue weighted by molar-refractivity contribution is 0.0996. The second kappa shape index (κ2) is 5.34. The zero-order valence-electron chi connectivity index (χ0n) is 11.5. The molecule has 3 rings (SSSR count). The molecule has 1 aromatic heterocycles. The summed E-state index contributed by atoms with van der Waals surface area (Å²) in [6.45, 7) is 4.81. The molecule has 1 aromatic carbocycles. The molecule has 0 unspecified atom stereocenters. The van der Waals surface area contributed by atoms with E-state index in [0.29, 0.717) is 13.0 Å². The Morgan fingerprint density at radius 3 is 2.85 bits per heavy atom. The molecule has 0 atom stereocenters.